The van der Waals surface area contributed by atoms with Crippen molar-refractivity contribution >= 4 is 0 Å². The van der Waals surface area contributed by atoms with E-state index in [1.165, 1.54) is 0 Å². The second-order valence-corrected chi connectivity index (χ2v) is 3.69. The molecule has 0 atom stereocenters. The smallest absolute Gasteiger partial charge is 0.300 e. The van der Waals surface area contributed by atoms with Crippen molar-refractivity contribution in [2.45, 2.75) is 25.9 Å². The Balaban J connectivity index is 2.31. The van der Waals surface area contributed by atoms with Crippen LogP contribution >= 0.6 is 0 Å². The fraction of sp³-hybridized carbons (Fsp3) is 0.800. The lowest BCUT2D eigenvalue weighted by atomic mass is 9.96. The minimum Gasteiger partial charge on any atom is -0.300 e. The SMILES string of the molecule is C/C=C/CN1CCC(C(F)(F)F)CC1. The Kier molecular flexibility index (Phi) is 3.98. The van der Waals surface area contributed by atoms with E-state index >= 15 is 0 Å². The van der Waals surface area contributed by atoms with Gasteiger partial charge in [0.25, 0.3) is 0 Å². The van der Waals surface area contributed by atoms with Crippen molar-refractivity contribution < 1.29 is 13.2 Å². The van der Waals surface area contributed by atoms with E-state index in [0.717, 1.165) is 6.54 Å². The Hall–Kier alpha value is -0.510. The zero-order chi connectivity index (χ0) is 10.6. The first-order valence-corrected chi connectivity index (χ1v) is 4.94. The largest absolute Gasteiger partial charge is 0.391 e. The van der Waals surface area contributed by atoms with Crippen LogP contribution in [0.25, 0.3) is 0 Å². The molecular formula is C10H16F3N. The summed E-state index contributed by atoms with van der Waals surface area (Å²) >= 11 is 0. The average molecular weight is 207 g/mol. The molecule has 0 spiro atoms. The predicted molar refractivity (Wildman–Crippen MR) is 50.0 cm³/mol. The van der Waals surface area contributed by atoms with E-state index in [-0.39, 0.29) is 12.8 Å². The molecule has 1 fully saturated rings. The summed E-state index contributed by atoms with van der Waals surface area (Å²) in [5.41, 5.74) is 0. The van der Waals surface area contributed by atoms with Crippen LogP contribution in [0.1, 0.15) is 19.8 Å². The van der Waals surface area contributed by atoms with Crippen LogP contribution in [0.3, 0.4) is 0 Å². The molecule has 1 saturated heterocycles. The quantitative estimate of drug-likeness (QED) is 0.629. The molecule has 0 N–H and O–H groups in total. The second kappa shape index (κ2) is 4.82. The molecule has 1 nitrogen and oxygen atoms in total. The molecule has 1 aliphatic rings. The van der Waals surface area contributed by atoms with Crippen LogP contribution < -0.4 is 0 Å². The van der Waals surface area contributed by atoms with E-state index in [0.29, 0.717) is 13.1 Å². The van der Waals surface area contributed by atoms with Crippen molar-refractivity contribution in [3.63, 3.8) is 0 Å². The van der Waals surface area contributed by atoms with E-state index in [9.17, 15) is 13.2 Å². The summed E-state index contributed by atoms with van der Waals surface area (Å²) in [6.07, 6.45) is 0.415. The summed E-state index contributed by atoms with van der Waals surface area (Å²) in [4.78, 5) is 2.06. The van der Waals surface area contributed by atoms with Gasteiger partial charge in [0.1, 0.15) is 0 Å². The highest BCUT2D eigenvalue weighted by Crippen LogP contribution is 2.33. The molecule has 0 aliphatic carbocycles. The Bertz CT molecular complexity index is 190. The van der Waals surface area contributed by atoms with Gasteiger partial charge in [0.05, 0.1) is 5.92 Å². The van der Waals surface area contributed by atoms with Gasteiger partial charge in [-0.3, -0.25) is 4.90 Å². The minimum absolute atomic E-state index is 0.251. The second-order valence-electron chi connectivity index (χ2n) is 3.69. The van der Waals surface area contributed by atoms with Gasteiger partial charge in [-0.2, -0.15) is 13.2 Å². The maximum atomic E-state index is 12.3. The zero-order valence-electron chi connectivity index (χ0n) is 8.35. The van der Waals surface area contributed by atoms with Crippen molar-refractivity contribution in [3.05, 3.63) is 12.2 Å². The highest BCUT2D eigenvalue weighted by Gasteiger charge is 2.40. The summed E-state index contributed by atoms with van der Waals surface area (Å²) in [6.45, 7) is 3.83. The Morgan fingerprint density at radius 1 is 1.29 bits per heavy atom. The van der Waals surface area contributed by atoms with Crippen LogP contribution in [-0.2, 0) is 0 Å². The topological polar surface area (TPSA) is 3.24 Å². The van der Waals surface area contributed by atoms with Gasteiger partial charge in [-0.1, -0.05) is 12.2 Å². The first-order chi connectivity index (χ1) is 6.54. The summed E-state index contributed by atoms with van der Waals surface area (Å²) < 4.78 is 36.9. The van der Waals surface area contributed by atoms with Gasteiger partial charge in [-0.25, -0.2) is 0 Å². The number of hydrogen-bond acceptors (Lipinski definition) is 1. The zero-order valence-corrected chi connectivity index (χ0v) is 8.35. The lowest BCUT2D eigenvalue weighted by Gasteiger charge is -2.32. The lowest BCUT2D eigenvalue weighted by molar-refractivity contribution is -0.184. The standard InChI is InChI=1S/C10H16F3N/c1-2-3-6-14-7-4-9(5-8-14)10(11,12)13/h2-3,9H,4-8H2,1H3/b3-2+. The van der Waals surface area contributed by atoms with Crippen LogP contribution in [0.5, 0.6) is 0 Å². The van der Waals surface area contributed by atoms with E-state index in [2.05, 4.69) is 4.90 Å². The number of rotatable bonds is 2. The predicted octanol–water partition coefficient (Wildman–Crippen LogP) is 2.84. The van der Waals surface area contributed by atoms with E-state index in [4.69, 9.17) is 0 Å². The summed E-state index contributed by atoms with van der Waals surface area (Å²) in [5.74, 6) is -1.08. The Labute approximate surface area is 82.6 Å². The maximum absolute atomic E-state index is 12.3. The van der Waals surface area contributed by atoms with Crippen LogP contribution in [0.15, 0.2) is 12.2 Å². The fourth-order valence-electron chi connectivity index (χ4n) is 1.70. The minimum atomic E-state index is -3.99. The van der Waals surface area contributed by atoms with Gasteiger partial charge in [0.2, 0.25) is 0 Å². The number of halogens is 3. The molecule has 0 unspecified atom stereocenters. The first kappa shape index (κ1) is 11.6. The van der Waals surface area contributed by atoms with Crippen LogP contribution in [0.4, 0.5) is 13.2 Å². The third-order valence-electron chi connectivity index (χ3n) is 2.65. The van der Waals surface area contributed by atoms with Crippen LogP contribution in [0.2, 0.25) is 0 Å². The van der Waals surface area contributed by atoms with Crippen molar-refractivity contribution in [1.82, 2.24) is 4.90 Å². The van der Waals surface area contributed by atoms with E-state index in [1.807, 2.05) is 19.1 Å². The van der Waals surface area contributed by atoms with Crippen LogP contribution in [0, 0.1) is 5.92 Å². The number of allylic oxidation sites excluding steroid dienone is 1. The molecule has 0 aromatic rings. The van der Waals surface area contributed by atoms with Crippen molar-refractivity contribution in [1.29, 1.82) is 0 Å². The molecule has 1 rings (SSSR count). The number of piperidine rings is 1. The van der Waals surface area contributed by atoms with Gasteiger partial charge in [-0.05, 0) is 32.9 Å². The molecule has 0 aromatic heterocycles. The molecule has 0 bridgehead atoms. The highest BCUT2D eigenvalue weighted by molar-refractivity contribution is 4.84. The molecule has 0 amide bonds. The van der Waals surface area contributed by atoms with Crippen molar-refractivity contribution in [2.75, 3.05) is 19.6 Å². The van der Waals surface area contributed by atoms with Gasteiger partial charge in [0, 0.05) is 6.54 Å². The van der Waals surface area contributed by atoms with Gasteiger partial charge in [0.15, 0.2) is 0 Å². The molecule has 82 valence electrons. The Morgan fingerprint density at radius 3 is 2.29 bits per heavy atom. The molecule has 14 heavy (non-hydrogen) atoms. The Morgan fingerprint density at radius 2 is 1.86 bits per heavy atom. The number of hydrogen-bond donors (Lipinski definition) is 0. The fourth-order valence-corrected chi connectivity index (χ4v) is 1.70. The van der Waals surface area contributed by atoms with Crippen molar-refractivity contribution in [3.8, 4) is 0 Å². The third-order valence-corrected chi connectivity index (χ3v) is 2.65. The molecular weight excluding hydrogens is 191 g/mol. The van der Waals surface area contributed by atoms with Crippen molar-refractivity contribution in [2.24, 2.45) is 5.92 Å². The monoisotopic (exact) mass is 207 g/mol. The molecule has 0 saturated carbocycles. The van der Waals surface area contributed by atoms with E-state index in [1.54, 1.807) is 0 Å². The summed E-state index contributed by atoms with van der Waals surface area (Å²) in [5, 5.41) is 0. The molecule has 0 radical (unpaired) electrons. The number of alkyl halides is 3. The average Bonchev–Trinajstić information content (AvgIpc) is 2.14. The summed E-state index contributed by atoms with van der Waals surface area (Å²) in [7, 11) is 0. The normalized spacial score (nSPS) is 22.0. The van der Waals surface area contributed by atoms with Crippen LogP contribution in [-0.4, -0.2) is 30.7 Å². The highest BCUT2D eigenvalue weighted by atomic mass is 19.4. The van der Waals surface area contributed by atoms with Gasteiger partial charge in [-0.15, -0.1) is 0 Å². The van der Waals surface area contributed by atoms with Gasteiger partial charge >= 0.3 is 6.18 Å². The first-order valence-electron chi connectivity index (χ1n) is 4.94. The third kappa shape index (κ3) is 3.33. The lowest BCUT2D eigenvalue weighted by Crippen LogP contribution is -2.38. The molecule has 1 aliphatic heterocycles. The van der Waals surface area contributed by atoms with E-state index < -0.39 is 12.1 Å². The maximum Gasteiger partial charge on any atom is 0.391 e. The number of nitrogens with zero attached hydrogens (tertiary/aromatic N) is 1. The number of likely N-dealkylation sites (tertiary alicyclic amines) is 1. The summed E-state index contributed by atoms with van der Waals surface area (Å²) in [6, 6.07) is 0. The molecule has 4 heteroatoms. The molecule has 0 aromatic carbocycles. The molecule has 1 heterocycles. The van der Waals surface area contributed by atoms with Gasteiger partial charge < -0.3 is 0 Å².